The van der Waals surface area contributed by atoms with Crippen molar-refractivity contribution in [2.45, 2.75) is 38.7 Å². The molecular weight excluding hydrogens is 278 g/mol. The second-order valence-electron chi connectivity index (χ2n) is 6.24. The van der Waals surface area contributed by atoms with Crippen LogP contribution in [-0.2, 0) is 7.05 Å². The van der Waals surface area contributed by atoms with Crippen molar-refractivity contribution in [1.82, 2.24) is 14.9 Å². The number of benzene rings is 1. The fourth-order valence-electron chi connectivity index (χ4n) is 3.27. The molecule has 1 amide bonds. The molecule has 118 valence electrons. The Morgan fingerprint density at radius 3 is 2.91 bits per heavy atom. The van der Waals surface area contributed by atoms with Gasteiger partial charge in [0.15, 0.2) is 0 Å². The lowest BCUT2D eigenvalue weighted by molar-refractivity contribution is 0.0840. The van der Waals surface area contributed by atoms with E-state index in [0.29, 0.717) is 18.0 Å². The number of aliphatic hydroxyl groups excluding tert-OH is 1. The molecule has 5 nitrogen and oxygen atoms in total. The van der Waals surface area contributed by atoms with Gasteiger partial charge in [-0.05, 0) is 43.9 Å². The molecule has 5 heteroatoms. The summed E-state index contributed by atoms with van der Waals surface area (Å²) in [6.45, 7) is 2.26. The maximum absolute atomic E-state index is 12.2. The highest BCUT2D eigenvalue weighted by atomic mass is 16.3. The lowest BCUT2D eigenvalue weighted by Crippen LogP contribution is -2.35. The first kappa shape index (κ1) is 15.0. The van der Waals surface area contributed by atoms with Gasteiger partial charge in [0, 0.05) is 19.2 Å². The standard InChI is InChI=1S/C17H23N3O2/c1-11-19-14-9-13(7-8-15(14)20(11)2)17(22)18-10-16(21)12-5-3-4-6-12/h7-9,12,16,21H,3-6,10H2,1-2H3,(H,18,22). The summed E-state index contributed by atoms with van der Waals surface area (Å²) in [5.74, 6) is 1.10. The van der Waals surface area contributed by atoms with Crippen molar-refractivity contribution in [3.8, 4) is 0 Å². The molecule has 2 aromatic rings. The summed E-state index contributed by atoms with van der Waals surface area (Å²) >= 11 is 0. The molecule has 1 aromatic heterocycles. The van der Waals surface area contributed by atoms with Gasteiger partial charge < -0.3 is 15.0 Å². The van der Waals surface area contributed by atoms with Gasteiger partial charge >= 0.3 is 0 Å². The molecule has 1 fully saturated rings. The predicted molar refractivity (Wildman–Crippen MR) is 85.7 cm³/mol. The number of aliphatic hydroxyl groups is 1. The van der Waals surface area contributed by atoms with Gasteiger partial charge in [0.2, 0.25) is 0 Å². The summed E-state index contributed by atoms with van der Waals surface area (Å²) in [5, 5.41) is 13.0. The van der Waals surface area contributed by atoms with E-state index in [2.05, 4.69) is 10.3 Å². The minimum absolute atomic E-state index is 0.151. The largest absolute Gasteiger partial charge is 0.391 e. The van der Waals surface area contributed by atoms with Gasteiger partial charge in [-0.25, -0.2) is 4.98 Å². The van der Waals surface area contributed by atoms with Crippen molar-refractivity contribution in [1.29, 1.82) is 0 Å². The van der Waals surface area contributed by atoms with Crippen molar-refractivity contribution in [3.63, 3.8) is 0 Å². The van der Waals surface area contributed by atoms with Crippen LogP contribution >= 0.6 is 0 Å². The lowest BCUT2D eigenvalue weighted by atomic mass is 10.0. The van der Waals surface area contributed by atoms with E-state index >= 15 is 0 Å². The number of hydrogen-bond donors (Lipinski definition) is 2. The summed E-state index contributed by atoms with van der Waals surface area (Å²) in [7, 11) is 1.96. The Bertz CT molecular complexity index is 687. The zero-order valence-corrected chi connectivity index (χ0v) is 13.2. The van der Waals surface area contributed by atoms with Crippen LogP contribution in [0, 0.1) is 12.8 Å². The molecule has 1 unspecified atom stereocenters. The molecule has 0 radical (unpaired) electrons. The maximum Gasteiger partial charge on any atom is 0.251 e. The third-order valence-electron chi connectivity index (χ3n) is 4.78. The summed E-state index contributed by atoms with van der Waals surface area (Å²) in [4.78, 5) is 16.7. The van der Waals surface area contributed by atoms with E-state index in [1.807, 2.05) is 24.6 Å². The topological polar surface area (TPSA) is 67.2 Å². The SMILES string of the molecule is Cc1nc2cc(C(=O)NCC(O)C3CCCC3)ccc2n1C. The summed E-state index contributed by atoms with van der Waals surface area (Å²) in [6.07, 6.45) is 4.07. The van der Waals surface area contributed by atoms with E-state index in [1.165, 1.54) is 12.8 Å². The van der Waals surface area contributed by atoms with Crippen molar-refractivity contribution in [3.05, 3.63) is 29.6 Å². The number of amides is 1. The zero-order chi connectivity index (χ0) is 15.7. The second kappa shape index (κ2) is 6.08. The van der Waals surface area contributed by atoms with Gasteiger partial charge in [-0.15, -0.1) is 0 Å². The second-order valence-corrected chi connectivity index (χ2v) is 6.24. The predicted octanol–water partition coefficient (Wildman–Crippen LogP) is 2.16. The normalized spacial score (nSPS) is 17.0. The third kappa shape index (κ3) is 2.86. The summed E-state index contributed by atoms with van der Waals surface area (Å²) in [5.41, 5.74) is 2.42. The molecular formula is C17H23N3O2. The third-order valence-corrected chi connectivity index (χ3v) is 4.78. The van der Waals surface area contributed by atoms with Crippen LogP contribution < -0.4 is 5.32 Å². The van der Waals surface area contributed by atoms with Crippen LogP contribution in [0.3, 0.4) is 0 Å². The molecule has 0 spiro atoms. The number of fused-ring (bicyclic) bond motifs is 1. The zero-order valence-electron chi connectivity index (χ0n) is 13.2. The van der Waals surface area contributed by atoms with E-state index in [-0.39, 0.29) is 5.91 Å². The Hall–Kier alpha value is -1.88. The highest BCUT2D eigenvalue weighted by Crippen LogP contribution is 2.27. The van der Waals surface area contributed by atoms with Crippen LogP contribution in [0.25, 0.3) is 11.0 Å². The monoisotopic (exact) mass is 301 g/mol. The average molecular weight is 301 g/mol. The Labute approximate surface area is 130 Å². The van der Waals surface area contributed by atoms with Crippen LogP contribution in [0.5, 0.6) is 0 Å². The highest BCUT2D eigenvalue weighted by molar-refractivity contribution is 5.97. The van der Waals surface area contributed by atoms with Gasteiger partial charge in [0.05, 0.1) is 17.1 Å². The molecule has 0 bridgehead atoms. The van der Waals surface area contributed by atoms with Crippen LogP contribution in [0.2, 0.25) is 0 Å². The van der Waals surface area contributed by atoms with Gasteiger partial charge in [0.25, 0.3) is 5.91 Å². The van der Waals surface area contributed by atoms with Crippen molar-refractivity contribution < 1.29 is 9.90 Å². The highest BCUT2D eigenvalue weighted by Gasteiger charge is 2.23. The number of carbonyl (C=O) groups excluding carboxylic acids is 1. The molecule has 3 rings (SSSR count). The van der Waals surface area contributed by atoms with Gasteiger partial charge in [0.1, 0.15) is 5.82 Å². The molecule has 22 heavy (non-hydrogen) atoms. The van der Waals surface area contributed by atoms with Crippen LogP contribution in [0.4, 0.5) is 0 Å². The lowest BCUT2D eigenvalue weighted by Gasteiger charge is -2.18. The molecule has 1 heterocycles. The van der Waals surface area contributed by atoms with Crippen molar-refractivity contribution in [2.75, 3.05) is 6.54 Å². The fourth-order valence-corrected chi connectivity index (χ4v) is 3.27. The minimum Gasteiger partial charge on any atom is -0.391 e. The van der Waals surface area contributed by atoms with E-state index in [0.717, 1.165) is 29.7 Å². The Morgan fingerprint density at radius 2 is 2.18 bits per heavy atom. The number of carbonyl (C=O) groups is 1. The number of hydrogen-bond acceptors (Lipinski definition) is 3. The summed E-state index contributed by atoms with van der Waals surface area (Å²) < 4.78 is 2.00. The minimum atomic E-state index is -0.438. The number of aryl methyl sites for hydroxylation is 2. The Balaban J connectivity index is 1.66. The molecule has 1 saturated carbocycles. The first-order chi connectivity index (χ1) is 10.6. The molecule has 0 aliphatic heterocycles. The smallest absolute Gasteiger partial charge is 0.251 e. The van der Waals surface area contributed by atoms with Crippen molar-refractivity contribution >= 4 is 16.9 Å². The maximum atomic E-state index is 12.2. The van der Waals surface area contributed by atoms with E-state index in [9.17, 15) is 9.90 Å². The van der Waals surface area contributed by atoms with Gasteiger partial charge in [-0.1, -0.05) is 12.8 Å². The number of rotatable bonds is 4. The van der Waals surface area contributed by atoms with Crippen LogP contribution in [-0.4, -0.2) is 33.2 Å². The summed E-state index contributed by atoms with van der Waals surface area (Å²) in [6, 6.07) is 5.53. The Kier molecular flexibility index (Phi) is 4.16. The molecule has 1 aliphatic carbocycles. The van der Waals surface area contributed by atoms with Gasteiger partial charge in [-0.3, -0.25) is 4.79 Å². The molecule has 2 N–H and O–H groups in total. The molecule has 1 aromatic carbocycles. The number of imidazole rings is 1. The first-order valence-corrected chi connectivity index (χ1v) is 7.95. The fraction of sp³-hybridized carbons (Fsp3) is 0.529. The number of nitrogens with zero attached hydrogens (tertiary/aromatic N) is 2. The van der Waals surface area contributed by atoms with E-state index in [4.69, 9.17) is 0 Å². The van der Waals surface area contributed by atoms with E-state index in [1.54, 1.807) is 12.1 Å². The molecule has 1 atom stereocenters. The number of aromatic nitrogens is 2. The van der Waals surface area contributed by atoms with Crippen LogP contribution in [0.15, 0.2) is 18.2 Å². The first-order valence-electron chi connectivity index (χ1n) is 7.95. The molecule has 1 aliphatic rings. The van der Waals surface area contributed by atoms with Crippen molar-refractivity contribution in [2.24, 2.45) is 13.0 Å². The van der Waals surface area contributed by atoms with E-state index < -0.39 is 6.10 Å². The van der Waals surface area contributed by atoms with Gasteiger partial charge in [-0.2, -0.15) is 0 Å². The quantitative estimate of drug-likeness (QED) is 0.909. The molecule has 0 saturated heterocycles. The Morgan fingerprint density at radius 1 is 1.45 bits per heavy atom. The number of nitrogens with one attached hydrogen (secondary N) is 1. The average Bonchev–Trinajstić information content (AvgIpc) is 3.14. The van der Waals surface area contributed by atoms with Crippen LogP contribution in [0.1, 0.15) is 41.9 Å².